The van der Waals surface area contributed by atoms with E-state index in [2.05, 4.69) is 5.32 Å². The number of ether oxygens (including phenoxy) is 2. The van der Waals surface area contributed by atoms with E-state index < -0.39 is 29.6 Å². The van der Waals surface area contributed by atoms with Crippen molar-refractivity contribution < 1.29 is 28.2 Å². The highest BCUT2D eigenvalue weighted by molar-refractivity contribution is 7.17. The molecule has 0 fully saturated rings. The molecular formula is C18H16FNO5S. The summed E-state index contributed by atoms with van der Waals surface area (Å²) in [5.41, 5.74) is 0.826. The molecule has 0 radical (unpaired) electrons. The van der Waals surface area contributed by atoms with Crippen molar-refractivity contribution in [3.8, 4) is 0 Å². The van der Waals surface area contributed by atoms with Gasteiger partial charge < -0.3 is 14.8 Å². The summed E-state index contributed by atoms with van der Waals surface area (Å²) in [6.45, 7) is 0. The van der Waals surface area contributed by atoms with Gasteiger partial charge in [-0.25, -0.2) is 9.18 Å². The van der Waals surface area contributed by atoms with Crippen LogP contribution in [0.5, 0.6) is 0 Å². The number of amides is 1. The second kappa shape index (κ2) is 7.25. The van der Waals surface area contributed by atoms with Gasteiger partial charge in [0, 0.05) is 10.4 Å². The molecule has 0 spiro atoms. The van der Waals surface area contributed by atoms with Crippen molar-refractivity contribution in [2.45, 2.75) is 18.8 Å². The molecule has 1 aromatic heterocycles. The number of esters is 2. The monoisotopic (exact) mass is 377 g/mol. The predicted octanol–water partition coefficient (Wildman–Crippen LogP) is 3.13. The number of anilines is 1. The first kappa shape index (κ1) is 18.1. The van der Waals surface area contributed by atoms with Crippen molar-refractivity contribution >= 4 is 34.2 Å². The Hall–Kier alpha value is -2.74. The number of benzene rings is 1. The van der Waals surface area contributed by atoms with Gasteiger partial charge in [-0.1, -0.05) is 6.07 Å². The zero-order valence-corrected chi connectivity index (χ0v) is 14.9. The molecule has 1 amide bonds. The maximum Gasteiger partial charge on any atom is 0.341 e. The van der Waals surface area contributed by atoms with Crippen molar-refractivity contribution in [3.05, 3.63) is 51.7 Å². The molecule has 136 valence electrons. The number of methoxy groups -OCH3 is 2. The van der Waals surface area contributed by atoms with E-state index in [1.165, 1.54) is 43.8 Å². The Morgan fingerprint density at radius 3 is 2.65 bits per heavy atom. The van der Waals surface area contributed by atoms with Crippen LogP contribution in [-0.2, 0) is 20.7 Å². The zero-order chi connectivity index (χ0) is 18.8. The van der Waals surface area contributed by atoms with Crippen LogP contribution in [0.2, 0.25) is 0 Å². The molecule has 1 unspecified atom stereocenters. The molecule has 0 saturated heterocycles. The molecule has 3 rings (SSSR count). The molecule has 1 N–H and O–H groups in total. The molecule has 0 aliphatic heterocycles. The lowest BCUT2D eigenvalue weighted by Gasteiger charge is -2.11. The molecule has 2 aromatic rings. The van der Waals surface area contributed by atoms with Crippen LogP contribution in [0.4, 0.5) is 9.39 Å². The number of hydrogen-bond donors (Lipinski definition) is 1. The Balaban J connectivity index is 1.99. The lowest BCUT2D eigenvalue weighted by molar-refractivity contribution is -0.142. The minimum atomic E-state index is -0.646. The molecule has 0 bridgehead atoms. The van der Waals surface area contributed by atoms with Gasteiger partial charge >= 0.3 is 11.9 Å². The average molecular weight is 377 g/mol. The SMILES string of the molecule is COC(=O)c1c(NC(=O)c2cccc(F)c2)sc2c1C(C(=O)OC)CC2. The molecule has 1 atom stereocenters. The minimum absolute atomic E-state index is 0.124. The van der Waals surface area contributed by atoms with Gasteiger partial charge in [-0.2, -0.15) is 0 Å². The fourth-order valence-electron chi connectivity index (χ4n) is 3.04. The van der Waals surface area contributed by atoms with E-state index in [1.54, 1.807) is 0 Å². The number of carbonyl (C=O) groups is 3. The van der Waals surface area contributed by atoms with E-state index in [1.807, 2.05) is 0 Å². The zero-order valence-electron chi connectivity index (χ0n) is 14.1. The Kier molecular flexibility index (Phi) is 5.03. The molecule has 1 aromatic carbocycles. The summed E-state index contributed by atoms with van der Waals surface area (Å²) in [6.07, 6.45) is 1.13. The van der Waals surface area contributed by atoms with Crippen LogP contribution >= 0.6 is 11.3 Å². The molecule has 1 heterocycles. The highest BCUT2D eigenvalue weighted by Gasteiger charge is 2.38. The normalized spacial score (nSPS) is 15.3. The van der Waals surface area contributed by atoms with Crippen LogP contribution in [0, 0.1) is 5.82 Å². The number of hydrogen-bond acceptors (Lipinski definition) is 6. The summed E-state index contributed by atoms with van der Waals surface area (Å²) in [5, 5.41) is 2.92. The summed E-state index contributed by atoms with van der Waals surface area (Å²) in [7, 11) is 2.52. The number of fused-ring (bicyclic) bond motifs is 1. The van der Waals surface area contributed by atoms with Gasteiger partial charge in [0.25, 0.3) is 5.91 Å². The smallest absolute Gasteiger partial charge is 0.341 e. The van der Waals surface area contributed by atoms with Gasteiger partial charge in [-0.3, -0.25) is 9.59 Å². The van der Waals surface area contributed by atoms with Crippen molar-refractivity contribution in [2.24, 2.45) is 0 Å². The summed E-state index contributed by atoms with van der Waals surface area (Å²) < 4.78 is 23.0. The van der Waals surface area contributed by atoms with E-state index in [0.717, 1.165) is 10.9 Å². The van der Waals surface area contributed by atoms with Gasteiger partial charge in [-0.05, 0) is 36.6 Å². The second-order valence-electron chi connectivity index (χ2n) is 5.71. The maximum absolute atomic E-state index is 13.3. The third-order valence-electron chi connectivity index (χ3n) is 4.22. The van der Waals surface area contributed by atoms with Crippen LogP contribution in [0.15, 0.2) is 24.3 Å². The first-order valence-electron chi connectivity index (χ1n) is 7.84. The van der Waals surface area contributed by atoms with Crippen molar-refractivity contribution in [1.29, 1.82) is 0 Å². The molecule has 6 nitrogen and oxygen atoms in total. The Labute approximate surface area is 152 Å². The summed E-state index contributed by atoms with van der Waals surface area (Å²) in [4.78, 5) is 37.6. The fourth-order valence-corrected chi connectivity index (χ4v) is 4.30. The third-order valence-corrected chi connectivity index (χ3v) is 5.40. The van der Waals surface area contributed by atoms with E-state index in [4.69, 9.17) is 9.47 Å². The molecular weight excluding hydrogens is 361 g/mol. The average Bonchev–Trinajstić information content (AvgIpc) is 3.19. The number of rotatable bonds is 4. The minimum Gasteiger partial charge on any atom is -0.469 e. The summed E-state index contributed by atoms with van der Waals surface area (Å²) in [5.74, 6) is -2.74. The van der Waals surface area contributed by atoms with Crippen molar-refractivity contribution in [2.75, 3.05) is 19.5 Å². The second-order valence-corrected chi connectivity index (χ2v) is 6.82. The van der Waals surface area contributed by atoms with E-state index >= 15 is 0 Å². The van der Waals surface area contributed by atoms with E-state index in [-0.39, 0.29) is 16.1 Å². The van der Waals surface area contributed by atoms with Crippen molar-refractivity contribution in [1.82, 2.24) is 0 Å². The van der Waals surface area contributed by atoms with Gasteiger partial charge in [-0.15, -0.1) is 11.3 Å². The van der Waals surface area contributed by atoms with Crippen LogP contribution in [0.25, 0.3) is 0 Å². The summed E-state index contributed by atoms with van der Waals surface area (Å²) in [6, 6.07) is 5.23. The Morgan fingerprint density at radius 1 is 1.23 bits per heavy atom. The molecule has 1 aliphatic carbocycles. The van der Waals surface area contributed by atoms with E-state index in [0.29, 0.717) is 18.4 Å². The first-order valence-corrected chi connectivity index (χ1v) is 8.66. The molecule has 26 heavy (non-hydrogen) atoms. The Bertz CT molecular complexity index is 892. The lowest BCUT2D eigenvalue weighted by Crippen LogP contribution is -2.17. The lowest BCUT2D eigenvalue weighted by atomic mass is 9.99. The van der Waals surface area contributed by atoms with Gasteiger partial charge in [0.1, 0.15) is 10.8 Å². The van der Waals surface area contributed by atoms with Gasteiger partial charge in [0.2, 0.25) is 0 Å². The number of thiophene rings is 1. The number of aryl methyl sites for hydroxylation is 1. The fraction of sp³-hybridized carbons (Fsp3) is 0.278. The molecule has 8 heteroatoms. The van der Waals surface area contributed by atoms with Crippen LogP contribution in [-0.4, -0.2) is 32.1 Å². The van der Waals surface area contributed by atoms with Crippen LogP contribution in [0.1, 0.15) is 43.5 Å². The largest absolute Gasteiger partial charge is 0.469 e. The Morgan fingerprint density at radius 2 is 2.00 bits per heavy atom. The number of halogens is 1. The third kappa shape index (κ3) is 3.20. The number of carbonyl (C=O) groups excluding carboxylic acids is 3. The van der Waals surface area contributed by atoms with Crippen LogP contribution in [0.3, 0.4) is 0 Å². The highest BCUT2D eigenvalue weighted by atomic mass is 32.1. The predicted molar refractivity (Wildman–Crippen MR) is 93.1 cm³/mol. The highest BCUT2D eigenvalue weighted by Crippen LogP contribution is 2.46. The maximum atomic E-state index is 13.3. The van der Waals surface area contributed by atoms with Gasteiger partial charge in [0.15, 0.2) is 0 Å². The summed E-state index contributed by atoms with van der Waals surface area (Å²) >= 11 is 1.22. The number of nitrogens with one attached hydrogen (secondary N) is 1. The topological polar surface area (TPSA) is 81.7 Å². The van der Waals surface area contributed by atoms with E-state index in [9.17, 15) is 18.8 Å². The molecule has 0 saturated carbocycles. The first-order chi connectivity index (χ1) is 12.5. The van der Waals surface area contributed by atoms with Gasteiger partial charge in [0.05, 0.1) is 25.7 Å². The molecule has 1 aliphatic rings. The quantitative estimate of drug-likeness (QED) is 0.828. The van der Waals surface area contributed by atoms with Crippen molar-refractivity contribution in [3.63, 3.8) is 0 Å². The van der Waals surface area contributed by atoms with Crippen LogP contribution < -0.4 is 5.32 Å². The standard InChI is InChI=1S/C18H16FNO5S/c1-24-17(22)11-6-7-12-13(11)14(18(23)25-2)16(26-12)20-15(21)9-4-3-5-10(19)8-9/h3-5,8,11H,6-7H2,1-2H3,(H,20,21).